The first kappa shape index (κ1) is 66.5. The Balaban J connectivity index is 1.99. The Hall–Kier alpha value is -5.52. The first-order chi connectivity index (χ1) is 36.0. The summed E-state index contributed by atoms with van der Waals surface area (Å²) in [5.74, 6) is -3.41. The maximum Gasteiger partial charge on any atom is 0.338 e. The summed E-state index contributed by atoms with van der Waals surface area (Å²) < 4.78 is 36.7. The quantitative estimate of drug-likeness (QED) is 0.0159. The minimum Gasteiger partial charge on any atom is -0.466 e. The van der Waals surface area contributed by atoms with Gasteiger partial charge in [-0.1, -0.05) is 18.6 Å². The van der Waals surface area contributed by atoms with Crippen LogP contribution in [0, 0.1) is 0 Å². The number of carbonyl (C=O) groups is 10. The molecule has 1 N–H and O–H groups in total. The van der Waals surface area contributed by atoms with E-state index in [0.717, 1.165) is 44.8 Å². The number of Topliss-reactive ketones (excluding diaryl/α,β-unsaturated/α-hetero) is 2. The molecule has 1 aromatic carbocycles. The molecule has 0 unspecified atom stereocenters. The minimum atomic E-state index is -0.647. The predicted molar refractivity (Wildman–Crippen MR) is 273 cm³/mol. The van der Waals surface area contributed by atoms with Crippen LogP contribution >= 0.6 is 0 Å². The van der Waals surface area contributed by atoms with Gasteiger partial charge in [-0.05, 0) is 160 Å². The molecule has 18 nitrogen and oxygen atoms in total. The molecule has 0 heterocycles. The van der Waals surface area contributed by atoms with Crippen LogP contribution in [0.5, 0.6) is 0 Å². The van der Waals surface area contributed by atoms with Crippen molar-refractivity contribution in [1.29, 1.82) is 0 Å². The molecule has 0 aliphatic carbocycles. The second-order valence-corrected chi connectivity index (χ2v) is 18.2. The number of hydrogen-bond donors (Lipinski definition) is 1. The third-order valence-electron chi connectivity index (χ3n) is 11.6. The molecular weight excluding hydrogens is 961 g/mol. The zero-order chi connectivity index (χ0) is 54.1. The van der Waals surface area contributed by atoms with Gasteiger partial charge in [-0.2, -0.15) is 0 Å². The van der Waals surface area contributed by atoms with Crippen molar-refractivity contribution in [2.75, 3.05) is 52.9 Å². The van der Waals surface area contributed by atoms with Crippen LogP contribution in [-0.2, 0) is 71.5 Å². The number of aliphatic hydroxyl groups excluding tert-OH is 1. The molecule has 0 aromatic heterocycles. The summed E-state index contributed by atoms with van der Waals surface area (Å²) in [5, 5.41) is 8.76. The summed E-state index contributed by atoms with van der Waals surface area (Å²) >= 11 is 0. The maximum absolute atomic E-state index is 12.7. The molecule has 0 atom stereocenters. The van der Waals surface area contributed by atoms with E-state index < -0.39 is 17.5 Å². The molecule has 418 valence electrons. The SMILES string of the molecule is O=CCCCCCOC(=O)CCCCCOC(=O)CCCCCOC(=O)CCCCCOC(=O)c1ccc(C(=O)C(=O)CCCCCOC(=O)CCCCCOC(=O)CCCCCOC(=O)CCCCCO)cc1. The van der Waals surface area contributed by atoms with Crippen molar-refractivity contribution in [3.63, 3.8) is 0 Å². The Morgan fingerprint density at radius 2 is 0.595 bits per heavy atom. The topological polar surface area (TPSA) is 256 Å². The van der Waals surface area contributed by atoms with E-state index in [1.165, 1.54) is 24.3 Å². The zero-order valence-electron chi connectivity index (χ0n) is 44.1. The number of ketones is 2. The van der Waals surface area contributed by atoms with Crippen LogP contribution in [0.3, 0.4) is 0 Å². The fourth-order valence-electron chi connectivity index (χ4n) is 7.20. The van der Waals surface area contributed by atoms with Crippen molar-refractivity contribution in [2.45, 2.75) is 205 Å². The third kappa shape index (κ3) is 39.9. The molecule has 0 spiro atoms. The monoisotopic (exact) mass is 1050 g/mol. The zero-order valence-corrected chi connectivity index (χ0v) is 44.1. The Kier molecular flexibility index (Phi) is 42.4. The largest absolute Gasteiger partial charge is 0.466 e. The molecule has 0 saturated heterocycles. The van der Waals surface area contributed by atoms with Crippen molar-refractivity contribution >= 4 is 59.6 Å². The van der Waals surface area contributed by atoms with Crippen molar-refractivity contribution in [2.24, 2.45) is 0 Å². The lowest BCUT2D eigenvalue weighted by Gasteiger charge is -2.07. The van der Waals surface area contributed by atoms with Crippen LogP contribution in [0.2, 0.25) is 0 Å². The second-order valence-electron chi connectivity index (χ2n) is 18.2. The van der Waals surface area contributed by atoms with Gasteiger partial charge in [0, 0.05) is 63.5 Å². The number of esters is 7. The van der Waals surface area contributed by atoms with E-state index >= 15 is 0 Å². The van der Waals surface area contributed by atoms with Gasteiger partial charge < -0.3 is 43.1 Å². The van der Waals surface area contributed by atoms with Gasteiger partial charge in [0.25, 0.3) is 0 Å². The van der Waals surface area contributed by atoms with Crippen molar-refractivity contribution in [3.8, 4) is 0 Å². The number of benzene rings is 1. The van der Waals surface area contributed by atoms with Gasteiger partial charge in [-0.25, -0.2) is 4.79 Å². The van der Waals surface area contributed by atoms with E-state index in [4.69, 9.17) is 38.3 Å². The van der Waals surface area contributed by atoms with Gasteiger partial charge in [-0.15, -0.1) is 0 Å². The molecule has 0 bridgehead atoms. The van der Waals surface area contributed by atoms with Crippen LogP contribution in [-0.4, -0.2) is 118 Å². The number of aliphatic hydroxyl groups is 1. The van der Waals surface area contributed by atoms with E-state index in [1.54, 1.807) is 0 Å². The van der Waals surface area contributed by atoms with Gasteiger partial charge in [0.2, 0.25) is 11.6 Å². The lowest BCUT2D eigenvalue weighted by molar-refractivity contribution is -0.145. The molecule has 0 radical (unpaired) electrons. The summed E-state index contributed by atoms with van der Waals surface area (Å²) in [6.45, 7) is 2.05. The lowest BCUT2D eigenvalue weighted by atomic mass is 10.0. The highest BCUT2D eigenvalue weighted by molar-refractivity contribution is 6.43. The molecule has 0 saturated carbocycles. The van der Waals surface area contributed by atoms with Crippen LogP contribution in [0.4, 0.5) is 0 Å². The normalized spacial score (nSPS) is 10.8. The van der Waals surface area contributed by atoms with Crippen LogP contribution in [0.25, 0.3) is 0 Å². The van der Waals surface area contributed by atoms with Gasteiger partial charge in [0.15, 0.2) is 0 Å². The summed E-state index contributed by atoms with van der Waals surface area (Å²) in [6, 6.07) is 5.71. The molecule has 1 rings (SSSR count). The first-order valence-corrected chi connectivity index (χ1v) is 27.3. The smallest absolute Gasteiger partial charge is 0.338 e. The lowest BCUT2D eigenvalue weighted by Crippen LogP contribution is -2.14. The summed E-state index contributed by atoms with van der Waals surface area (Å²) in [6.07, 6.45) is 19.3. The van der Waals surface area contributed by atoms with Crippen LogP contribution in [0.1, 0.15) is 226 Å². The van der Waals surface area contributed by atoms with Crippen molar-refractivity contribution in [3.05, 3.63) is 35.4 Å². The average molecular weight is 1050 g/mol. The Labute approximate surface area is 438 Å². The van der Waals surface area contributed by atoms with E-state index in [2.05, 4.69) is 0 Å². The highest BCUT2D eigenvalue weighted by Gasteiger charge is 2.17. The number of rotatable bonds is 50. The summed E-state index contributed by atoms with van der Waals surface area (Å²) in [7, 11) is 0. The maximum atomic E-state index is 12.7. The molecule has 18 heteroatoms. The number of unbranched alkanes of at least 4 members (excludes halogenated alkanes) is 17. The molecular formula is C56H86O18. The minimum absolute atomic E-state index is 0.0457. The molecule has 0 aliphatic rings. The Bertz CT molecular complexity index is 1740. The van der Waals surface area contributed by atoms with Crippen molar-refractivity contribution < 1.29 is 86.2 Å². The number of carbonyl (C=O) groups excluding carboxylic acids is 10. The fraction of sp³-hybridized carbons (Fsp3) is 0.714. The molecule has 0 fully saturated rings. The highest BCUT2D eigenvalue weighted by atomic mass is 16.6. The Morgan fingerprint density at radius 1 is 0.324 bits per heavy atom. The molecule has 0 amide bonds. The summed E-state index contributed by atoms with van der Waals surface area (Å²) in [5.41, 5.74) is 0.412. The fourth-order valence-corrected chi connectivity index (χ4v) is 7.20. The number of hydrogen-bond acceptors (Lipinski definition) is 18. The first-order valence-electron chi connectivity index (χ1n) is 27.3. The van der Waals surface area contributed by atoms with Gasteiger partial charge in [0.05, 0.1) is 51.8 Å². The average Bonchev–Trinajstić information content (AvgIpc) is 3.39. The summed E-state index contributed by atoms with van der Waals surface area (Å²) in [4.78, 5) is 119. The Morgan fingerprint density at radius 3 is 0.905 bits per heavy atom. The van der Waals surface area contributed by atoms with E-state index in [0.29, 0.717) is 161 Å². The highest BCUT2D eigenvalue weighted by Crippen LogP contribution is 2.13. The van der Waals surface area contributed by atoms with Crippen LogP contribution in [0.15, 0.2) is 24.3 Å². The predicted octanol–water partition coefficient (Wildman–Crippen LogP) is 9.53. The van der Waals surface area contributed by atoms with E-state index in [-0.39, 0.29) is 106 Å². The standard InChI is InChI=1S/C56H86O18/c57-37-17-1-2-19-39-68-50(61)28-12-5-22-42-71-53(64)31-15-8-24-44-73-54(65)32-16-9-25-45-74-56(67)47-35-33-46(34-36-47)55(66)48(59)26-10-4-20-40-69-51(62)29-13-7-23-43-72-52(63)30-14-6-21-41-70-49(60)27-11-3-18-38-58/h33-37,58H,1-32,38-45H2. The number of ether oxygens (including phenoxy) is 7. The van der Waals surface area contributed by atoms with Gasteiger partial charge >= 0.3 is 41.8 Å². The van der Waals surface area contributed by atoms with Gasteiger partial charge in [0.1, 0.15) is 6.29 Å². The van der Waals surface area contributed by atoms with E-state index in [9.17, 15) is 47.9 Å². The third-order valence-corrected chi connectivity index (χ3v) is 11.6. The van der Waals surface area contributed by atoms with Crippen LogP contribution < -0.4 is 0 Å². The van der Waals surface area contributed by atoms with Gasteiger partial charge in [-0.3, -0.25) is 38.4 Å². The van der Waals surface area contributed by atoms with E-state index in [1.807, 2.05) is 0 Å². The molecule has 0 aliphatic heterocycles. The molecule has 74 heavy (non-hydrogen) atoms. The molecule has 1 aromatic rings. The second kappa shape index (κ2) is 47.2. The number of aldehydes is 1. The van der Waals surface area contributed by atoms with Crippen molar-refractivity contribution in [1.82, 2.24) is 0 Å².